The molecule has 1 aliphatic rings. The molecule has 2 heterocycles. The summed E-state index contributed by atoms with van der Waals surface area (Å²) in [4.78, 5) is 16.6. The smallest absolute Gasteiger partial charge is 0.210 e. The van der Waals surface area contributed by atoms with Gasteiger partial charge in [0.1, 0.15) is 0 Å². The Morgan fingerprint density at radius 2 is 2.11 bits per heavy atom. The van der Waals surface area contributed by atoms with Crippen LogP contribution >= 0.6 is 11.3 Å². The molecule has 4 nitrogen and oxygen atoms in total. The highest BCUT2D eigenvalue weighted by molar-refractivity contribution is 7.12. The highest BCUT2D eigenvalue weighted by Gasteiger charge is 2.33. The van der Waals surface area contributed by atoms with Crippen molar-refractivity contribution in [3.63, 3.8) is 0 Å². The van der Waals surface area contributed by atoms with Crippen LogP contribution in [0.1, 0.15) is 55.4 Å². The van der Waals surface area contributed by atoms with Crippen LogP contribution in [0.3, 0.4) is 0 Å². The number of Topliss-reactive ketones (excluding diaryl/α,β-unsaturated/α-hetero) is 1. The van der Waals surface area contributed by atoms with Gasteiger partial charge in [0, 0.05) is 23.4 Å². The molecule has 0 saturated heterocycles. The first kappa shape index (κ1) is 12.5. The maximum absolute atomic E-state index is 12.3. The molecular weight excluding hydrogens is 258 g/mol. The molecule has 0 atom stereocenters. The van der Waals surface area contributed by atoms with Crippen LogP contribution in [-0.4, -0.2) is 20.5 Å². The molecule has 0 fully saturated rings. The molecule has 0 saturated carbocycles. The minimum absolute atomic E-state index is 0.125. The first-order valence-corrected chi connectivity index (χ1v) is 7.42. The third-order valence-corrected chi connectivity index (χ3v) is 4.14. The Kier molecular flexibility index (Phi) is 2.82. The number of aromatic nitrogens is 3. The van der Waals surface area contributed by atoms with Crippen LogP contribution in [-0.2, 0) is 11.8 Å². The zero-order valence-electron chi connectivity index (χ0n) is 11.4. The van der Waals surface area contributed by atoms with E-state index in [0.29, 0.717) is 6.42 Å². The number of hydrogen-bond acceptors (Lipinski definition) is 4. The Morgan fingerprint density at radius 1 is 1.32 bits per heavy atom. The molecule has 0 bridgehead atoms. The van der Waals surface area contributed by atoms with E-state index in [1.807, 2.05) is 10.1 Å². The molecule has 5 heteroatoms. The van der Waals surface area contributed by atoms with Crippen molar-refractivity contribution in [1.82, 2.24) is 14.8 Å². The van der Waals surface area contributed by atoms with E-state index >= 15 is 0 Å². The summed E-state index contributed by atoms with van der Waals surface area (Å²) in [7, 11) is 0. The fourth-order valence-corrected chi connectivity index (χ4v) is 3.14. The standard InChI is InChI=1S/C14H17N3OS/c1-14(2,3)12-11-9(5-4-6-10(11)18)17(16-12)13-15-7-8-19-13/h7-8H,4-6H2,1-3H3. The first-order valence-electron chi connectivity index (χ1n) is 6.54. The molecule has 0 aromatic carbocycles. The molecule has 0 aliphatic heterocycles. The van der Waals surface area contributed by atoms with Gasteiger partial charge in [-0.15, -0.1) is 11.3 Å². The molecule has 3 rings (SSSR count). The summed E-state index contributed by atoms with van der Waals surface area (Å²) in [5, 5.41) is 7.48. The summed E-state index contributed by atoms with van der Waals surface area (Å²) in [6, 6.07) is 0. The van der Waals surface area contributed by atoms with Gasteiger partial charge in [0.15, 0.2) is 5.78 Å². The summed E-state index contributed by atoms with van der Waals surface area (Å²) in [5.74, 6) is 0.231. The summed E-state index contributed by atoms with van der Waals surface area (Å²) < 4.78 is 1.87. The quantitative estimate of drug-likeness (QED) is 0.803. The highest BCUT2D eigenvalue weighted by atomic mass is 32.1. The van der Waals surface area contributed by atoms with Crippen LogP contribution in [0.15, 0.2) is 11.6 Å². The van der Waals surface area contributed by atoms with Crippen molar-refractivity contribution in [1.29, 1.82) is 0 Å². The summed E-state index contributed by atoms with van der Waals surface area (Å²) >= 11 is 1.55. The fraction of sp³-hybridized carbons (Fsp3) is 0.500. The van der Waals surface area contributed by atoms with E-state index in [1.165, 1.54) is 0 Å². The minimum Gasteiger partial charge on any atom is -0.294 e. The fourth-order valence-electron chi connectivity index (χ4n) is 2.52. The number of ketones is 1. The number of carbonyl (C=O) groups is 1. The first-order chi connectivity index (χ1) is 8.98. The van der Waals surface area contributed by atoms with Gasteiger partial charge >= 0.3 is 0 Å². The molecule has 1 aliphatic carbocycles. The lowest BCUT2D eigenvalue weighted by Gasteiger charge is -2.18. The normalized spacial score (nSPS) is 15.6. The molecule has 0 unspecified atom stereocenters. The number of rotatable bonds is 1. The molecule has 2 aromatic rings. The number of nitrogens with zero attached hydrogens (tertiary/aromatic N) is 3. The molecular formula is C14H17N3OS. The van der Waals surface area contributed by atoms with Crippen LogP contribution in [0.2, 0.25) is 0 Å². The van der Waals surface area contributed by atoms with E-state index in [2.05, 4.69) is 25.8 Å². The Balaban J connectivity index is 2.26. The van der Waals surface area contributed by atoms with Crippen molar-refractivity contribution >= 4 is 17.1 Å². The van der Waals surface area contributed by atoms with Gasteiger partial charge in [-0.3, -0.25) is 4.79 Å². The molecule has 100 valence electrons. The Labute approximate surface area is 116 Å². The maximum Gasteiger partial charge on any atom is 0.210 e. The largest absolute Gasteiger partial charge is 0.294 e. The highest BCUT2D eigenvalue weighted by Crippen LogP contribution is 2.33. The van der Waals surface area contributed by atoms with Crippen molar-refractivity contribution in [2.45, 2.75) is 45.4 Å². The van der Waals surface area contributed by atoms with Gasteiger partial charge < -0.3 is 0 Å². The van der Waals surface area contributed by atoms with Crippen LogP contribution in [0.25, 0.3) is 5.13 Å². The van der Waals surface area contributed by atoms with Crippen molar-refractivity contribution in [3.8, 4) is 5.13 Å². The molecule has 0 N–H and O–H groups in total. The average Bonchev–Trinajstić information content (AvgIpc) is 2.94. The zero-order valence-corrected chi connectivity index (χ0v) is 12.3. The van der Waals surface area contributed by atoms with Crippen LogP contribution < -0.4 is 0 Å². The Morgan fingerprint density at radius 3 is 2.74 bits per heavy atom. The molecule has 0 spiro atoms. The second kappa shape index (κ2) is 4.27. The van der Waals surface area contributed by atoms with Crippen molar-refractivity contribution in [2.75, 3.05) is 0 Å². The average molecular weight is 275 g/mol. The lowest BCUT2D eigenvalue weighted by Crippen LogP contribution is -2.19. The van der Waals surface area contributed by atoms with Crippen LogP contribution in [0.4, 0.5) is 0 Å². The van der Waals surface area contributed by atoms with E-state index in [-0.39, 0.29) is 11.2 Å². The van der Waals surface area contributed by atoms with E-state index in [4.69, 9.17) is 5.10 Å². The predicted molar refractivity (Wildman–Crippen MR) is 75.2 cm³/mol. The number of thiazole rings is 1. The van der Waals surface area contributed by atoms with Gasteiger partial charge in [0.25, 0.3) is 0 Å². The second-order valence-corrected chi connectivity index (χ2v) is 6.80. The van der Waals surface area contributed by atoms with Gasteiger partial charge in [-0.25, -0.2) is 9.67 Å². The molecule has 2 aromatic heterocycles. The van der Waals surface area contributed by atoms with Gasteiger partial charge in [-0.2, -0.15) is 5.10 Å². The van der Waals surface area contributed by atoms with E-state index in [0.717, 1.165) is 34.9 Å². The SMILES string of the molecule is CC(C)(C)c1nn(-c2nccs2)c2c1C(=O)CCC2. The predicted octanol–water partition coefficient (Wildman–Crippen LogP) is 3.15. The zero-order chi connectivity index (χ0) is 13.6. The topological polar surface area (TPSA) is 47.8 Å². The third kappa shape index (κ3) is 2.02. The van der Waals surface area contributed by atoms with Gasteiger partial charge in [-0.05, 0) is 12.8 Å². The van der Waals surface area contributed by atoms with E-state index < -0.39 is 0 Å². The Hall–Kier alpha value is -1.49. The van der Waals surface area contributed by atoms with E-state index in [9.17, 15) is 4.79 Å². The summed E-state index contributed by atoms with van der Waals surface area (Å²) in [5.41, 5.74) is 2.66. The van der Waals surface area contributed by atoms with Crippen molar-refractivity contribution < 1.29 is 4.79 Å². The Bertz CT molecular complexity index is 620. The third-order valence-electron chi connectivity index (χ3n) is 3.39. The number of hydrogen-bond donors (Lipinski definition) is 0. The van der Waals surface area contributed by atoms with E-state index in [1.54, 1.807) is 17.5 Å². The van der Waals surface area contributed by atoms with Crippen molar-refractivity contribution in [2.24, 2.45) is 0 Å². The molecule has 0 radical (unpaired) electrons. The molecule has 0 amide bonds. The number of carbonyl (C=O) groups excluding carboxylic acids is 1. The summed E-state index contributed by atoms with van der Waals surface area (Å²) in [6.45, 7) is 6.30. The van der Waals surface area contributed by atoms with Crippen molar-refractivity contribution in [3.05, 3.63) is 28.5 Å². The second-order valence-electron chi connectivity index (χ2n) is 5.92. The lowest BCUT2D eigenvalue weighted by molar-refractivity contribution is 0.0970. The number of fused-ring (bicyclic) bond motifs is 1. The molecule has 19 heavy (non-hydrogen) atoms. The minimum atomic E-state index is -0.125. The van der Waals surface area contributed by atoms with Gasteiger partial charge in [0.2, 0.25) is 5.13 Å². The summed E-state index contributed by atoms with van der Waals surface area (Å²) in [6.07, 6.45) is 4.23. The van der Waals surface area contributed by atoms with Crippen LogP contribution in [0, 0.1) is 0 Å². The maximum atomic E-state index is 12.3. The lowest BCUT2D eigenvalue weighted by atomic mass is 9.84. The monoisotopic (exact) mass is 275 g/mol. The van der Waals surface area contributed by atoms with Gasteiger partial charge in [0.05, 0.1) is 17.0 Å². The van der Waals surface area contributed by atoms with Crippen LogP contribution in [0.5, 0.6) is 0 Å². The van der Waals surface area contributed by atoms with Gasteiger partial charge in [-0.1, -0.05) is 20.8 Å².